The summed E-state index contributed by atoms with van der Waals surface area (Å²) in [5.74, 6) is 0.758. The van der Waals surface area contributed by atoms with Gasteiger partial charge in [0, 0.05) is 104 Å². The molecule has 13 aromatic rings. The Morgan fingerprint density at radius 3 is 0.929 bits per heavy atom. The van der Waals surface area contributed by atoms with Gasteiger partial charge >= 0.3 is 0 Å². The second-order valence-corrected chi connectivity index (χ2v) is 39.9. The molecule has 6 nitrogen and oxygen atoms in total. The van der Waals surface area contributed by atoms with Crippen LogP contribution in [-0.4, -0.2) is 27.5 Å². The van der Waals surface area contributed by atoms with E-state index >= 15 is 0 Å². The minimum absolute atomic E-state index is 0.379. The van der Waals surface area contributed by atoms with Crippen LogP contribution in [-0.2, 0) is 25.7 Å². The summed E-state index contributed by atoms with van der Waals surface area (Å²) in [6, 6.07) is 29.9. The van der Waals surface area contributed by atoms with Gasteiger partial charge in [-0.25, -0.2) is 0 Å². The highest BCUT2D eigenvalue weighted by atomic mass is 32.1. The fourth-order valence-electron chi connectivity index (χ4n) is 17.5. The molecule has 10 aromatic heterocycles. The van der Waals surface area contributed by atoms with E-state index in [1.807, 2.05) is 45.3 Å². The summed E-state index contributed by atoms with van der Waals surface area (Å²) < 4.78 is 23.3. The van der Waals surface area contributed by atoms with Gasteiger partial charge in [0.15, 0.2) is 0 Å². The first-order valence-electron chi connectivity index (χ1n) is 44.8. The molecule has 0 saturated heterocycles. The summed E-state index contributed by atoms with van der Waals surface area (Å²) in [7, 11) is 0. The first kappa shape index (κ1) is 84.7. The second kappa shape index (κ2) is 43.9. The van der Waals surface area contributed by atoms with E-state index in [9.17, 15) is 0 Å². The fourth-order valence-corrected chi connectivity index (χ4v) is 25.7. The number of pyridine rings is 2. The molecule has 14 heteroatoms. The lowest BCUT2D eigenvalue weighted by atomic mass is 9.88. The quantitative estimate of drug-likeness (QED) is 0.0279. The molecule has 10 heterocycles. The molecule has 13 rings (SSSR count). The van der Waals surface area contributed by atoms with Crippen molar-refractivity contribution in [3.63, 3.8) is 0 Å². The van der Waals surface area contributed by atoms with Crippen LogP contribution in [0.15, 0.2) is 83.6 Å². The Balaban J connectivity index is 0.980. The number of nitrogens with zero attached hydrogens (tertiary/aromatic N) is 6. The SMILES string of the molecule is CCCCCCCCC(CCCCCC)c1nc2cc3c(cc2c2sc(-c4sc(-c5ccc(-c6cc(CCCCCC)cs6)c6nsnc56)cc4CCCCCC)cc12)nc(C(CCCCCC)CCCCCCCC)c1cc(-c2sc(-c4ccc(-c5cc(CCCCCC)cs5)c5nsnc45)cc2CCCCCC)sc13. The fraction of sp³-hybridized carbons (Fsp3) is 0.551. The molecule has 0 N–H and O–H groups in total. The van der Waals surface area contributed by atoms with Crippen molar-refractivity contribution in [2.24, 2.45) is 0 Å². The third-order valence-corrected chi connectivity index (χ3v) is 32.2. The maximum absolute atomic E-state index is 6.21. The van der Waals surface area contributed by atoms with E-state index in [1.165, 1.54) is 406 Å². The highest BCUT2D eigenvalue weighted by Crippen LogP contribution is 2.53. The molecule has 0 aliphatic rings. The van der Waals surface area contributed by atoms with E-state index in [1.54, 1.807) is 0 Å². The molecule has 2 unspecified atom stereocenters. The van der Waals surface area contributed by atoms with Crippen molar-refractivity contribution in [1.82, 2.24) is 27.5 Å². The average Bonchev–Trinajstić information content (AvgIpc) is 1.56. The van der Waals surface area contributed by atoms with E-state index in [4.69, 9.17) is 27.5 Å². The van der Waals surface area contributed by atoms with Crippen LogP contribution in [0.5, 0.6) is 0 Å². The van der Waals surface area contributed by atoms with Gasteiger partial charge in [-0.05, 0) is 159 Å². The van der Waals surface area contributed by atoms with Crippen LogP contribution in [0.2, 0.25) is 0 Å². The summed E-state index contributed by atoms with van der Waals surface area (Å²) in [4.78, 5) is 23.3. The van der Waals surface area contributed by atoms with E-state index in [0.29, 0.717) is 11.8 Å². The van der Waals surface area contributed by atoms with Gasteiger partial charge in [0.05, 0.1) is 45.9 Å². The summed E-state index contributed by atoms with van der Waals surface area (Å²) in [6.45, 7) is 18.7. The third kappa shape index (κ3) is 21.2. The van der Waals surface area contributed by atoms with Crippen molar-refractivity contribution in [1.29, 1.82) is 0 Å². The van der Waals surface area contributed by atoms with Crippen LogP contribution in [0, 0.1) is 0 Å². The lowest BCUT2D eigenvalue weighted by molar-refractivity contribution is 0.487. The second-order valence-electron chi connectivity index (χ2n) is 32.8. The van der Waals surface area contributed by atoms with Crippen LogP contribution < -0.4 is 0 Å². The molecule has 2 atom stereocenters. The summed E-state index contributed by atoms with van der Waals surface area (Å²) >= 11 is 14.6. The number of hydrogen-bond donors (Lipinski definition) is 0. The first-order valence-corrected chi connectivity index (χ1v) is 51.3. The van der Waals surface area contributed by atoms with Crippen molar-refractivity contribution < 1.29 is 0 Å². The van der Waals surface area contributed by atoms with Crippen molar-refractivity contribution in [2.45, 2.75) is 350 Å². The van der Waals surface area contributed by atoms with Gasteiger partial charge in [-0.3, -0.25) is 9.97 Å². The monoisotopic (exact) mass is 1640 g/mol. The molecular formula is C98H128N6S8. The van der Waals surface area contributed by atoms with Gasteiger partial charge in [-0.2, -0.15) is 17.5 Å². The van der Waals surface area contributed by atoms with Gasteiger partial charge in [0.2, 0.25) is 0 Å². The zero-order valence-electron chi connectivity index (χ0n) is 69.3. The Kier molecular flexibility index (Phi) is 33.2. The molecule has 598 valence electrons. The van der Waals surface area contributed by atoms with Crippen molar-refractivity contribution in [3.8, 4) is 61.3 Å². The number of unbranched alkanes of at least 4 members (excludes halogenated alkanes) is 28. The average molecular weight is 1650 g/mol. The summed E-state index contributed by atoms with van der Waals surface area (Å²) in [5, 5.41) is 10.1. The molecule has 0 fully saturated rings. The van der Waals surface area contributed by atoms with Crippen molar-refractivity contribution >= 4 is 156 Å². The summed E-state index contributed by atoms with van der Waals surface area (Å²) in [6.07, 6.45) is 55.0. The molecule has 0 radical (unpaired) electrons. The number of benzene rings is 3. The van der Waals surface area contributed by atoms with Gasteiger partial charge in [0.25, 0.3) is 0 Å². The molecule has 0 saturated carbocycles. The minimum atomic E-state index is 0.379. The number of fused-ring (bicyclic) bond motifs is 8. The van der Waals surface area contributed by atoms with Crippen LogP contribution in [0.25, 0.3) is 125 Å². The third-order valence-electron chi connectivity index (χ3n) is 24.0. The molecule has 0 spiro atoms. The molecule has 0 aliphatic heterocycles. The molecule has 0 bridgehead atoms. The lowest BCUT2D eigenvalue weighted by Gasteiger charge is -2.20. The Hall–Kier alpha value is -5.16. The number of thiophene rings is 6. The highest BCUT2D eigenvalue weighted by molar-refractivity contribution is 7.28. The summed E-state index contributed by atoms with van der Waals surface area (Å²) in [5.41, 5.74) is 19.8. The van der Waals surface area contributed by atoms with E-state index in [2.05, 4.69) is 162 Å². The van der Waals surface area contributed by atoms with E-state index in [0.717, 1.165) is 58.8 Å². The van der Waals surface area contributed by atoms with Crippen LogP contribution >= 0.6 is 91.5 Å². The largest absolute Gasteiger partial charge is 0.252 e. The number of rotatable bonds is 52. The standard InChI is InChI=1S/C98H128N6S8/c1-9-17-25-33-35-43-49-69(47-39-29-21-13-5)89-79-63-87(95-71(51-41-31-23-15-7)59-85(107-95)75-55-53-73(91-93(75)103-111-101-91)83-57-67(65-105-83)45-37-27-19-11-3)109-97(79)77-62-82-78(61-81(77)99-89)98-80(90(100-82)70(48-40-30-22-14-6)50-44-36-34-26-18-10-2)64-88(110-98)96-72(52-42-32-24-16-8)60-86(108-96)76-56-54-74(92-94(76)104-112-102-92)84-58-68(66-106-84)46-38-28-20-12-4/h53-66,69-70H,9-52H2,1-8H3. The van der Waals surface area contributed by atoms with Crippen LogP contribution in [0.1, 0.15) is 358 Å². The maximum atomic E-state index is 6.21. The van der Waals surface area contributed by atoms with E-state index < -0.39 is 0 Å². The minimum Gasteiger partial charge on any atom is -0.252 e. The van der Waals surface area contributed by atoms with Gasteiger partial charge in [-0.1, -0.05) is 285 Å². The van der Waals surface area contributed by atoms with Crippen molar-refractivity contribution in [2.75, 3.05) is 0 Å². The van der Waals surface area contributed by atoms with E-state index in [-0.39, 0.29) is 0 Å². The zero-order valence-corrected chi connectivity index (χ0v) is 75.8. The lowest BCUT2D eigenvalue weighted by Crippen LogP contribution is -2.05. The van der Waals surface area contributed by atoms with Gasteiger partial charge in [-0.15, -0.1) is 68.0 Å². The molecular weight excluding hydrogens is 1520 g/mol. The Labute approximate surface area is 705 Å². The van der Waals surface area contributed by atoms with Gasteiger partial charge < -0.3 is 0 Å². The maximum Gasteiger partial charge on any atom is 0.114 e. The first-order chi connectivity index (χ1) is 55.3. The highest BCUT2D eigenvalue weighted by Gasteiger charge is 2.29. The molecule has 3 aromatic carbocycles. The topological polar surface area (TPSA) is 77.3 Å². The van der Waals surface area contributed by atoms with Crippen LogP contribution in [0.3, 0.4) is 0 Å². The molecule has 0 amide bonds. The molecule has 112 heavy (non-hydrogen) atoms. The Bertz CT molecular complexity index is 4730. The number of aryl methyl sites for hydroxylation is 4. The van der Waals surface area contributed by atoms with Crippen molar-refractivity contribution in [3.05, 3.63) is 117 Å². The zero-order chi connectivity index (χ0) is 77.4. The molecule has 0 aliphatic carbocycles. The van der Waals surface area contributed by atoms with Gasteiger partial charge in [0.1, 0.15) is 22.1 Å². The smallest absolute Gasteiger partial charge is 0.114 e. The van der Waals surface area contributed by atoms with Crippen LogP contribution in [0.4, 0.5) is 0 Å². The number of aromatic nitrogens is 6. The predicted molar refractivity (Wildman–Crippen MR) is 504 cm³/mol. The predicted octanol–water partition coefficient (Wildman–Crippen LogP) is 35.6. The normalized spacial score (nSPS) is 12.7. The Morgan fingerprint density at radius 2 is 0.580 bits per heavy atom. The number of hydrogen-bond acceptors (Lipinski definition) is 14. The Morgan fingerprint density at radius 1 is 0.277 bits per heavy atom.